The maximum Gasteiger partial charge on any atom is 0.268 e. The van der Waals surface area contributed by atoms with Crippen LogP contribution in [0.15, 0.2) is 45.9 Å². The summed E-state index contributed by atoms with van der Waals surface area (Å²) in [4.78, 5) is 19.4. The number of thiophene rings is 1. The first kappa shape index (κ1) is 16.0. The highest BCUT2D eigenvalue weighted by Crippen LogP contribution is 2.25. The fourth-order valence-electron chi connectivity index (χ4n) is 2.69. The van der Waals surface area contributed by atoms with Crippen LogP contribution >= 0.6 is 23.1 Å². The zero-order chi connectivity index (χ0) is 17.4. The molecule has 1 N–H and O–H groups in total. The number of aromatic nitrogens is 5. The normalized spacial score (nSPS) is 11.3. The van der Waals surface area contributed by atoms with Gasteiger partial charge in [0.1, 0.15) is 16.9 Å². The van der Waals surface area contributed by atoms with Crippen LogP contribution in [0.25, 0.3) is 15.9 Å². The Labute approximate surface area is 152 Å². The molecular formula is C17H15N5OS2. The van der Waals surface area contributed by atoms with Crippen molar-refractivity contribution in [2.24, 2.45) is 0 Å². The number of thioether (sulfide) groups is 1. The van der Waals surface area contributed by atoms with E-state index in [2.05, 4.69) is 52.2 Å². The van der Waals surface area contributed by atoms with E-state index >= 15 is 0 Å². The van der Waals surface area contributed by atoms with Gasteiger partial charge in [-0.1, -0.05) is 29.5 Å². The number of aromatic amines is 1. The summed E-state index contributed by atoms with van der Waals surface area (Å²) in [7, 11) is 0. The molecule has 0 aliphatic carbocycles. The van der Waals surface area contributed by atoms with Gasteiger partial charge in [0.2, 0.25) is 0 Å². The Kier molecular flexibility index (Phi) is 4.14. The second kappa shape index (κ2) is 6.45. The second-order valence-corrected chi connectivity index (χ2v) is 7.57. The highest BCUT2D eigenvalue weighted by atomic mass is 32.2. The van der Waals surface area contributed by atoms with Gasteiger partial charge in [0.25, 0.3) is 5.56 Å². The minimum Gasteiger partial charge on any atom is -0.309 e. The lowest BCUT2D eigenvalue weighted by Crippen LogP contribution is -2.09. The molecular weight excluding hydrogens is 354 g/mol. The van der Waals surface area contributed by atoms with Gasteiger partial charge in [-0.05, 0) is 36.9 Å². The van der Waals surface area contributed by atoms with Gasteiger partial charge < -0.3 is 4.98 Å². The van der Waals surface area contributed by atoms with Crippen LogP contribution in [0.3, 0.4) is 0 Å². The third-order valence-corrected chi connectivity index (χ3v) is 5.69. The molecule has 0 bridgehead atoms. The van der Waals surface area contributed by atoms with Crippen molar-refractivity contribution in [2.45, 2.75) is 24.8 Å². The number of benzene rings is 1. The van der Waals surface area contributed by atoms with Crippen LogP contribution in [-0.2, 0) is 5.75 Å². The minimum absolute atomic E-state index is 0.0913. The van der Waals surface area contributed by atoms with E-state index in [-0.39, 0.29) is 5.56 Å². The standard InChI is InChI=1S/C17H15N5OS2/c1-10-3-4-13(11(2)7-10)22-9-18-21-17(22)25-8-14-19-12-5-6-24-15(12)16(23)20-14/h3-7,9H,8H2,1-2H3,(H,19,20,23). The summed E-state index contributed by atoms with van der Waals surface area (Å²) < 4.78 is 2.62. The van der Waals surface area contributed by atoms with Crippen LogP contribution in [0.5, 0.6) is 0 Å². The van der Waals surface area contributed by atoms with Gasteiger partial charge in [0.15, 0.2) is 5.16 Å². The SMILES string of the molecule is Cc1ccc(-n2cnnc2SCc2nc3ccsc3c(=O)[nH]2)c(C)c1. The minimum atomic E-state index is -0.0913. The summed E-state index contributed by atoms with van der Waals surface area (Å²) >= 11 is 2.90. The number of hydrogen-bond donors (Lipinski definition) is 1. The van der Waals surface area contributed by atoms with Crippen molar-refractivity contribution in [1.82, 2.24) is 24.7 Å². The molecule has 4 rings (SSSR count). The number of nitrogens with one attached hydrogen (secondary N) is 1. The van der Waals surface area contributed by atoms with E-state index in [0.29, 0.717) is 16.3 Å². The first-order valence-electron chi connectivity index (χ1n) is 7.68. The Balaban J connectivity index is 1.61. The maximum absolute atomic E-state index is 12.1. The van der Waals surface area contributed by atoms with Crippen molar-refractivity contribution >= 4 is 33.3 Å². The number of aryl methyl sites for hydroxylation is 2. The van der Waals surface area contributed by atoms with Gasteiger partial charge >= 0.3 is 0 Å². The Morgan fingerprint density at radius 1 is 1.28 bits per heavy atom. The van der Waals surface area contributed by atoms with E-state index in [1.54, 1.807) is 6.33 Å². The van der Waals surface area contributed by atoms with Crippen LogP contribution in [0, 0.1) is 13.8 Å². The smallest absolute Gasteiger partial charge is 0.268 e. The number of nitrogens with zero attached hydrogens (tertiary/aromatic N) is 4. The molecule has 3 aromatic heterocycles. The highest BCUT2D eigenvalue weighted by molar-refractivity contribution is 7.98. The molecule has 126 valence electrons. The van der Waals surface area contributed by atoms with Crippen LogP contribution in [0.1, 0.15) is 17.0 Å². The first-order chi connectivity index (χ1) is 12.1. The molecule has 3 heterocycles. The Hall–Kier alpha value is -2.45. The Morgan fingerprint density at radius 2 is 2.16 bits per heavy atom. The molecule has 0 radical (unpaired) electrons. The fourth-order valence-corrected chi connectivity index (χ4v) is 4.20. The van der Waals surface area contributed by atoms with E-state index in [1.165, 1.54) is 28.7 Å². The van der Waals surface area contributed by atoms with Crippen molar-refractivity contribution in [3.05, 3.63) is 63.3 Å². The van der Waals surface area contributed by atoms with E-state index in [1.807, 2.05) is 16.0 Å². The summed E-state index contributed by atoms with van der Waals surface area (Å²) in [6.07, 6.45) is 1.71. The molecule has 0 saturated carbocycles. The molecule has 0 unspecified atom stereocenters. The molecule has 0 aliphatic rings. The lowest BCUT2D eigenvalue weighted by atomic mass is 10.1. The maximum atomic E-state index is 12.1. The Morgan fingerprint density at radius 3 is 3.00 bits per heavy atom. The molecule has 0 fully saturated rings. The molecule has 0 saturated heterocycles. The average molecular weight is 369 g/mol. The number of fused-ring (bicyclic) bond motifs is 1. The van der Waals surface area contributed by atoms with E-state index < -0.39 is 0 Å². The third-order valence-electron chi connectivity index (χ3n) is 3.83. The van der Waals surface area contributed by atoms with Crippen molar-refractivity contribution in [1.29, 1.82) is 0 Å². The molecule has 8 heteroatoms. The van der Waals surface area contributed by atoms with Crippen molar-refractivity contribution < 1.29 is 0 Å². The van der Waals surface area contributed by atoms with Crippen LogP contribution in [0.4, 0.5) is 0 Å². The fraction of sp³-hybridized carbons (Fsp3) is 0.176. The van der Waals surface area contributed by atoms with Crippen molar-refractivity contribution in [3.8, 4) is 5.69 Å². The number of hydrogen-bond acceptors (Lipinski definition) is 6. The predicted molar refractivity (Wildman–Crippen MR) is 101 cm³/mol. The molecule has 4 aromatic rings. The molecule has 0 spiro atoms. The molecule has 0 atom stereocenters. The predicted octanol–water partition coefficient (Wildman–Crippen LogP) is 3.47. The summed E-state index contributed by atoms with van der Waals surface area (Å²) in [6.45, 7) is 4.14. The highest BCUT2D eigenvalue weighted by Gasteiger charge is 2.11. The van der Waals surface area contributed by atoms with Crippen LogP contribution in [-0.4, -0.2) is 24.7 Å². The molecule has 1 aromatic carbocycles. The van der Waals surface area contributed by atoms with E-state index in [4.69, 9.17) is 0 Å². The lowest BCUT2D eigenvalue weighted by Gasteiger charge is -2.10. The quantitative estimate of drug-likeness (QED) is 0.557. The Bertz CT molecular complexity index is 1110. The summed E-state index contributed by atoms with van der Waals surface area (Å²) in [5.74, 6) is 1.15. The largest absolute Gasteiger partial charge is 0.309 e. The topological polar surface area (TPSA) is 76.5 Å². The van der Waals surface area contributed by atoms with Gasteiger partial charge in [-0.15, -0.1) is 21.5 Å². The monoisotopic (exact) mass is 369 g/mol. The zero-order valence-electron chi connectivity index (χ0n) is 13.7. The zero-order valence-corrected chi connectivity index (χ0v) is 15.3. The van der Waals surface area contributed by atoms with Gasteiger partial charge in [-0.2, -0.15) is 0 Å². The van der Waals surface area contributed by atoms with Crippen LogP contribution in [0.2, 0.25) is 0 Å². The van der Waals surface area contributed by atoms with E-state index in [0.717, 1.165) is 21.9 Å². The van der Waals surface area contributed by atoms with Gasteiger partial charge in [0.05, 0.1) is 17.0 Å². The van der Waals surface area contributed by atoms with Gasteiger partial charge in [-0.3, -0.25) is 9.36 Å². The lowest BCUT2D eigenvalue weighted by molar-refractivity contribution is 0.875. The van der Waals surface area contributed by atoms with Gasteiger partial charge in [0, 0.05) is 0 Å². The molecule has 0 aliphatic heterocycles. The molecule has 0 amide bonds. The van der Waals surface area contributed by atoms with Gasteiger partial charge in [-0.25, -0.2) is 4.98 Å². The summed E-state index contributed by atoms with van der Waals surface area (Å²) in [6, 6.07) is 8.13. The van der Waals surface area contributed by atoms with Crippen molar-refractivity contribution in [3.63, 3.8) is 0 Å². The summed E-state index contributed by atoms with van der Waals surface area (Å²) in [5.41, 5.74) is 4.07. The third kappa shape index (κ3) is 3.10. The van der Waals surface area contributed by atoms with Crippen LogP contribution < -0.4 is 5.56 Å². The van der Waals surface area contributed by atoms with Crippen molar-refractivity contribution in [2.75, 3.05) is 0 Å². The number of rotatable bonds is 4. The summed E-state index contributed by atoms with van der Waals surface area (Å²) in [5, 5.41) is 10.9. The molecule has 25 heavy (non-hydrogen) atoms. The second-order valence-electron chi connectivity index (χ2n) is 5.71. The first-order valence-corrected chi connectivity index (χ1v) is 9.55. The average Bonchev–Trinajstić information content (AvgIpc) is 3.22. The number of H-pyrrole nitrogens is 1. The molecule has 6 nitrogen and oxygen atoms in total. The van der Waals surface area contributed by atoms with E-state index in [9.17, 15) is 4.79 Å².